The van der Waals surface area contributed by atoms with E-state index in [9.17, 15) is 14.4 Å². The summed E-state index contributed by atoms with van der Waals surface area (Å²) in [5.74, 6) is -1.70. The molecule has 1 saturated carbocycles. The van der Waals surface area contributed by atoms with Gasteiger partial charge in [0.2, 0.25) is 5.91 Å². The first kappa shape index (κ1) is 24.7. The Morgan fingerprint density at radius 3 is 2.29 bits per heavy atom. The van der Waals surface area contributed by atoms with Crippen molar-refractivity contribution in [3.63, 3.8) is 0 Å². The monoisotopic (exact) mass is 511 g/mol. The van der Waals surface area contributed by atoms with Gasteiger partial charge in [-0.05, 0) is 61.1 Å². The van der Waals surface area contributed by atoms with Gasteiger partial charge in [0.1, 0.15) is 10.9 Å². The summed E-state index contributed by atoms with van der Waals surface area (Å²) in [5.41, 5.74) is 13.3. The van der Waals surface area contributed by atoms with Crippen LogP contribution in [0.15, 0.2) is 48.5 Å². The number of amides is 3. The summed E-state index contributed by atoms with van der Waals surface area (Å²) in [6, 6.07) is 13.1. The highest BCUT2D eigenvalue weighted by Gasteiger charge is 2.37. The van der Waals surface area contributed by atoms with Crippen LogP contribution in [-0.2, 0) is 4.79 Å². The second-order valence-electron chi connectivity index (χ2n) is 8.59. The standard InChI is InChI=1S/C25H26ClN5O3S/c1-14-6-8-15(9-7-14)21(24(33)29-17-4-2-3-5-17)31(18-12-10-16(26)11-13-18)25(34)22-19(27)20(23(28)32)30-35-22/h6-13,17,21H,2-5,27H2,1H3,(H2,28,32)(H,29,33)/t21-/m1/s1. The lowest BCUT2D eigenvalue weighted by molar-refractivity contribution is -0.123. The van der Waals surface area contributed by atoms with Crippen molar-refractivity contribution in [1.29, 1.82) is 0 Å². The van der Waals surface area contributed by atoms with Crippen molar-refractivity contribution >= 4 is 52.2 Å². The van der Waals surface area contributed by atoms with Gasteiger partial charge < -0.3 is 16.8 Å². The van der Waals surface area contributed by atoms with Crippen LogP contribution in [0.3, 0.4) is 0 Å². The molecule has 0 radical (unpaired) electrons. The molecule has 1 aromatic heterocycles. The van der Waals surface area contributed by atoms with Crippen LogP contribution in [0.2, 0.25) is 5.02 Å². The number of nitrogens with one attached hydrogen (secondary N) is 1. The van der Waals surface area contributed by atoms with Gasteiger partial charge in [-0.25, -0.2) is 0 Å². The number of primary amides is 1. The molecular formula is C25H26ClN5O3S. The molecule has 10 heteroatoms. The highest BCUT2D eigenvalue weighted by Crippen LogP contribution is 2.34. The molecule has 182 valence electrons. The molecule has 1 aliphatic carbocycles. The molecule has 0 spiro atoms. The molecule has 0 unspecified atom stereocenters. The van der Waals surface area contributed by atoms with E-state index in [2.05, 4.69) is 9.69 Å². The number of carbonyl (C=O) groups excluding carboxylic acids is 3. The van der Waals surface area contributed by atoms with Crippen LogP contribution in [0.5, 0.6) is 0 Å². The Kier molecular flexibility index (Phi) is 7.37. The molecular weight excluding hydrogens is 486 g/mol. The lowest BCUT2D eigenvalue weighted by Gasteiger charge is -2.32. The van der Waals surface area contributed by atoms with Gasteiger partial charge in [-0.1, -0.05) is 54.3 Å². The second-order valence-corrected chi connectivity index (χ2v) is 9.80. The van der Waals surface area contributed by atoms with Gasteiger partial charge in [-0.2, -0.15) is 4.37 Å². The lowest BCUT2D eigenvalue weighted by atomic mass is 10.0. The van der Waals surface area contributed by atoms with Crippen LogP contribution in [0.1, 0.15) is 63.0 Å². The molecule has 8 nitrogen and oxygen atoms in total. The summed E-state index contributed by atoms with van der Waals surface area (Å²) in [4.78, 5) is 40.8. The van der Waals surface area contributed by atoms with Crippen LogP contribution in [-0.4, -0.2) is 28.1 Å². The zero-order chi connectivity index (χ0) is 25.1. The molecule has 1 fully saturated rings. The number of aromatic nitrogens is 1. The average molecular weight is 512 g/mol. The first-order valence-electron chi connectivity index (χ1n) is 11.3. The Hall–Kier alpha value is -3.43. The van der Waals surface area contributed by atoms with E-state index >= 15 is 0 Å². The van der Waals surface area contributed by atoms with Crippen molar-refractivity contribution in [2.24, 2.45) is 5.73 Å². The fraction of sp³-hybridized carbons (Fsp3) is 0.280. The van der Waals surface area contributed by atoms with Crippen LogP contribution in [0, 0.1) is 6.92 Å². The van der Waals surface area contributed by atoms with Gasteiger partial charge in [0, 0.05) is 16.8 Å². The van der Waals surface area contributed by atoms with Gasteiger partial charge in [0.05, 0.1) is 5.69 Å². The van der Waals surface area contributed by atoms with E-state index in [0.717, 1.165) is 42.8 Å². The van der Waals surface area contributed by atoms with Crippen LogP contribution < -0.4 is 21.7 Å². The molecule has 1 atom stereocenters. The maximum absolute atomic E-state index is 14.0. The van der Waals surface area contributed by atoms with Gasteiger partial charge >= 0.3 is 0 Å². The third-order valence-electron chi connectivity index (χ3n) is 6.08. The summed E-state index contributed by atoms with van der Waals surface area (Å²) >= 11 is 6.88. The Morgan fingerprint density at radius 2 is 1.71 bits per heavy atom. The Balaban J connectivity index is 1.84. The van der Waals surface area contributed by atoms with Crippen molar-refractivity contribution in [2.45, 2.75) is 44.7 Å². The summed E-state index contributed by atoms with van der Waals surface area (Å²) in [6.45, 7) is 1.95. The van der Waals surface area contributed by atoms with Crippen LogP contribution in [0.25, 0.3) is 0 Å². The molecule has 0 aliphatic heterocycles. The maximum Gasteiger partial charge on any atom is 0.273 e. The molecule has 2 aromatic carbocycles. The smallest absolute Gasteiger partial charge is 0.273 e. The summed E-state index contributed by atoms with van der Waals surface area (Å²) in [6.07, 6.45) is 3.89. The Bertz CT molecular complexity index is 1240. The summed E-state index contributed by atoms with van der Waals surface area (Å²) < 4.78 is 3.97. The molecule has 3 amide bonds. The lowest BCUT2D eigenvalue weighted by Crippen LogP contribution is -2.46. The van der Waals surface area contributed by atoms with Crippen molar-refractivity contribution in [2.75, 3.05) is 10.6 Å². The van der Waals surface area contributed by atoms with Crippen LogP contribution in [0.4, 0.5) is 11.4 Å². The topological polar surface area (TPSA) is 131 Å². The number of rotatable bonds is 7. The average Bonchev–Trinajstić information content (AvgIpc) is 3.48. The molecule has 1 aliphatic rings. The zero-order valence-corrected chi connectivity index (χ0v) is 20.7. The number of hydrogen-bond donors (Lipinski definition) is 3. The first-order valence-corrected chi connectivity index (χ1v) is 12.4. The van der Waals surface area contributed by atoms with Gasteiger partial charge in [-0.15, -0.1) is 0 Å². The molecule has 35 heavy (non-hydrogen) atoms. The largest absolute Gasteiger partial charge is 0.395 e. The van der Waals surface area contributed by atoms with E-state index < -0.39 is 17.9 Å². The Morgan fingerprint density at radius 1 is 1.09 bits per heavy atom. The molecule has 4 rings (SSSR count). The fourth-order valence-corrected chi connectivity index (χ4v) is 5.11. The SMILES string of the molecule is Cc1ccc([C@H](C(=O)NC2CCCC2)N(C(=O)c2snc(C(N)=O)c2N)c2ccc(Cl)cc2)cc1. The number of nitrogen functional groups attached to an aromatic ring is 1. The number of nitrogens with zero attached hydrogens (tertiary/aromatic N) is 2. The number of anilines is 2. The van der Waals surface area contributed by atoms with Crippen molar-refractivity contribution in [3.05, 3.63) is 75.3 Å². The molecule has 0 bridgehead atoms. The van der Waals surface area contributed by atoms with Gasteiger partial charge in [0.15, 0.2) is 5.69 Å². The summed E-state index contributed by atoms with van der Waals surface area (Å²) in [5, 5.41) is 3.60. The first-order chi connectivity index (χ1) is 16.8. The predicted octanol–water partition coefficient (Wildman–Crippen LogP) is 4.23. The highest BCUT2D eigenvalue weighted by atomic mass is 35.5. The number of nitrogens with two attached hydrogens (primary N) is 2. The number of halogens is 1. The third-order valence-corrected chi connectivity index (χ3v) is 7.18. The molecule has 0 saturated heterocycles. The number of benzene rings is 2. The zero-order valence-electron chi connectivity index (χ0n) is 19.2. The van der Waals surface area contributed by atoms with Crippen LogP contribution >= 0.6 is 23.1 Å². The fourth-order valence-electron chi connectivity index (χ4n) is 4.24. The minimum atomic E-state index is -0.997. The molecule has 3 aromatic rings. The van der Waals surface area contributed by atoms with E-state index in [0.29, 0.717) is 16.3 Å². The molecule has 5 N–H and O–H groups in total. The third kappa shape index (κ3) is 5.31. The van der Waals surface area contributed by atoms with E-state index in [1.165, 1.54) is 4.90 Å². The van der Waals surface area contributed by atoms with Crippen molar-refractivity contribution < 1.29 is 14.4 Å². The minimum Gasteiger partial charge on any atom is -0.395 e. The van der Waals surface area contributed by atoms with E-state index in [4.69, 9.17) is 23.1 Å². The number of carbonyl (C=O) groups is 3. The van der Waals surface area contributed by atoms with Gasteiger partial charge in [0.25, 0.3) is 11.8 Å². The predicted molar refractivity (Wildman–Crippen MR) is 138 cm³/mol. The van der Waals surface area contributed by atoms with Gasteiger partial charge in [-0.3, -0.25) is 19.3 Å². The van der Waals surface area contributed by atoms with E-state index in [1.807, 2.05) is 31.2 Å². The minimum absolute atomic E-state index is 0.0273. The normalized spacial score (nSPS) is 14.5. The number of aryl methyl sites for hydroxylation is 1. The van der Waals surface area contributed by atoms with Crippen molar-refractivity contribution in [3.8, 4) is 0 Å². The highest BCUT2D eigenvalue weighted by molar-refractivity contribution is 7.09. The maximum atomic E-state index is 14.0. The van der Waals surface area contributed by atoms with Crippen molar-refractivity contribution in [1.82, 2.24) is 9.69 Å². The summed E-state index contributed by atoms with van der Waals surface area (Å²) in [7, 11) is 0. The molecule has 1 heterocycles. The van der Waals surface area contributed by atoms with E-state index in [-0.39, 0.29) is 28.2 Å². The Labute approximate surface area is 212 Å². The quantitative estimate of drug-likeness (QED) is 0.436. The van der Waals surface area contributed by atoms with E-state index in [1.54, 1.807) is 24.3 Å². The second kappa shape index (κ2) is 10.5. The number of hydrogen-bond acceptors (Lipinski definition) is 6.